The summed E-state index contributed by atoms with van der Waals surface area (Å²) in [4.78, 5) is 67.8. The lowest BCUT2D eigenvalue weighted by molar-refractivity contribution is -0.136. The number of nitrogens with one attached hydrogen (secondary N) is 1. The fraction of sp³-hybridized carbons (Fsp3) is 0.372. The SMILES string of the molecule is Nc1ncnc2c1c(-c1ccc(Oc3ccccc3)c(F)c1)nn2C1CCN(C2CCN(C3CN(c4ccc5c(c4)C(=O)N(C4CCC(=O)NC4=O)C5=O)C3)CC2)CC1. The van der Waals surface area contributed by atoms with Crippen LogP contribution in [0.4, 0.5) is 15.9 Å². The van der Waals surface area contributed by atoms with E-state index in [9.17, 15) is 19.2 Å². The first-order valence-corrected chi connectivity index (χ1v) is 20.3. The van der Waals surface area contributed by atoms with Gasteiger partial charge in [0, 0.05) is 69.0 Å². The minimum atomic E-state index is -0.976. The van der Waals surface area contributed by atoms with E-state index in [1.807, 2.05) is 28.9 Å². The maximum absolute atomic E-state index is 15.4. The molecule has 0 saturated carbocycles. The maximum atomic E-state index is 15.4. The van der Waals surface area contributed by atoms with Crippen molar-refractivity contribution in [2.75, 3.05) is 49.9 Å². The molecule has 0 bridgehead atoms. The molecule has 4 fully saturated rings. The molecule has 302 valence electrons. The number of anilines is 2. The normalized spacial score (nSPS) is 21.3. The summed E-state index contributed by atoms with van der Waals surface area (Å²) >= 11 is 0. The number of ether oxygens (including phenoxy) is 1. The molecule has 0 aliphatic carbocycles. The van der Waals surface area contributed by atoms with Crippen molar-refractivity contribution in [3.63, 3.8) is 0 Å². The lowest BCUT2D eigenvalue weighted by Crippen LogP contribution is -2.62. The van der Waals surface area contributed by atoms with Gasteiger partial charge in [-0.2, -0.15) is 5.10 Å². The standard InChI is InChI=1S/C43H43FN10O5/c44-33-20-25(6-10-35(33)59-30-4-2-1-3-5-30)38-37-39(45)46-24-47-40(37)54(49-38)27-14-18-50(19-15-27)26-12-16-51(17-13-26)29-22-52(23-29)28-7-8-31-32(21-28)43(58)53(42(31)57)34-9-11-36(55)48-41(34)56/h1-8,10,20-21,24,26-27,29,34H,9,11-19,22-23H2,(H2,45,46,47)(H,48,55,56). The zero-order valence-corrected chi connectivity index (χ0v) is 32.3. The van der Waals surface area contributed by atoms with Crippen LogP contribution in [0.15, 0.2) is 73.1 Å². The summed E-state index contributed by atoms with van der Waals surface area (Å²) in [6, 6.07) is 19.3. The molecule has 0 radical (unpaired) electrons. The number of para-hydroxylation sites is 1. The topological polar surface area (TPSA) is 172 Å². The molecule has 3 N–H and O–H groups in total. The Balaban J connectivity index is 0.739. The Labute approximate surface area is 338 Å². The average molecular weight is 799 g/mol. The smallest absolute Gasteiger partial charge is 0.262 e. The van der Waals surface area contributed by atoms with E-state index in [0.717, 1.165) is 75.5 Å². The van der Waals surface area contributed by atoms with Gasteiger partial charge in [-0.3, -0.25) is 34.3 Å². The van der Waals surface area contributed by atoms with Gasteiger partial charge in [0.05, 0.1) is 22.6 Å². The highest BCUT2D eigenvalue weighted by Crippen LogP contribution is 2.38. The van der Waals surface area contributed by atoms with Crippen LogP contribution in [0.2, 0.25) is 0 Å². The van der Waals surface area contributed by atoms with Crippen molar-refractivity contribution in [2.45, 2.75) is 62.7 Å². The highest BCUT2D eigenvalue weighted by Gasteiger charge is 2.45. The second-order valence-corrected chi connectivity index (χ2v) is 16.1. The van der Waals surface area contributed by atoms with Gasteiger partial charge in [-0.15, -0.1) is 0 Å². The number of hydrogen-bond donors (Lipinski definition) is 2. The molecule has 2 aromatic heterocycles. The number of fused-ring (bicyclic) bond motifs is 2. The van der Waals surface area contributed by atoms with Gasteiger partial charge >= 0.3 is 0 Å². The van der Waals surface area contributed by atoms with Crippen LogP contribution in [0, 0.1) is 5.82 Å². The van der Waals surface area contributed by atoms with Crippen LogP contribution in [-0.4, -0.2) is 115 Å². The number of piperidine rings is 3. The zero-order valence-electron chi connectivity index (χ0n) is 32.3. The second-order valence-electron chi connectivity index (χ2n) is 16.1. The van der Waals surface area contributed by atoms with E-state index in [0.29, 0.717) is 57.1 Å². The average Bonchev–Trinajstić information content (AvgIpc) is 3.74. The third-order valence-corrected chi connectivity index (χ3v) is 12.7. The van der Waals surface area contributed by atoms with Crippen LogP contribution in [0.25, 0.3) is 22.3 Å². The molecule has 1 unspecified atom stereocenters. The molecule has 4 saturated heterocycles. The fourth-order valence-electron chi connectivity index (χ4n) is 9.46. The second kappa shape index (κ2) is 14.8. The van der Waals surface area contributed by atoms with E-state index in [2.05, 4.69) is 30.0 Å². The Bertz CT molecular complexity index is 2490. The first-order valence-electron chi connectivity index (χ1n) is 20.3. The molecule has 7 heterocycles. The Morgan fingerprint density at radius 3 is 2.20 bits per heavy atom. The van der Waals surface area contributed by atoms with Crippen LogP contribution in [0.1, 0.15) is 65.3 Å². The Morgan fingerprint density at radius 1 is 0.763 bits per heavy atom. The van der Waals surface area contributed by atoms with Crippen LogP contribution in [-0.2, 0) is 9.59 Å². The van der Waals surface area contributed by atoms with Gasteiger partial charge in [-0.05, 0) is 80.6 Å². The molecule has 5 aliphatic heterocycles. The van der Waals surface area contributed by atoms with Crippen molar-refractivity contribution < 1.29 is 28.3 Å². The minimum Gasteiger partial charge on any atom is -0.454 e. The number of carbonyl (C=O) groups is 4. The van der Waals surface area contributed by atoms with Crippen molar-refractivity contribution >= 4 is 46.2 Å². The largest absolute Gasteiger partial charge is 0.454 e. The van der Waals surface area contributed by atoms with E-state index in [1.165, 1.54) is 12.4 Å². The third-order valence-electron chi connectivity index (χ3n) is 12.7. The number of hydrogen-bond acceptors (Lipinski definition) is 12. The fourth-order valence-corrected chi connectivity index (χ4v) is 9.46. The number of likely N-dealkylation sites (tertiary alicyclic amines) is 2. The number of nitrogen functional groups attached to an aromatic ring is 1. The molecule has 15 nitrogen and oxygen atoms in total. The van der Waals surface area contributed by atoms with Crippen LogP contribution in [0.3, 0.4) is 0 Å². The quantitative estimate of drug-likeness (QED) is 0.213. The van der Waals surface area contributed by atoms with Gasteiger partial charge in [-0.25, -0.2) is 19.0 Å². The molecule has 5 aliphatic rings. The summed E-state index contributed by atoms with van der Waals surface area (Å²) in [5.41, 5.74) is 9.64. The van der Waals surface area contributed by atoms with Gasteiger partial charge in [0.2, 0.25) is 11.8 Å². The highest BCUT2D eigenvalue weighted by molar-refractivity contribution is 6.23. The molecule has 5 aromatic rings. The van der Waals surface area contributed by atoms with Gasteiger partial charge in [0.1, 0.15) is 29.6 Å². The van der Waals surface area contributed by atoms with Crippen molar-refractivity contribution in [3.8, 4) is 22.8 Å². The Hall–Kier alpha value is -6.26. The van der Waals surface area contributed by atoms with Crippen LogP contribution < -0.4 is 20.7 Å². The van der Waals surface area contributed by atoms with Crippen molar-refractivity contribution in [3.05, 3.63) is 90.0 Å². The van der Waals surface area contributed by atoms with E-state index >= 15 is 4.39 Å². The van der Waals surface area contributed by atoms with Gasteiger partial charge < -0.3 is 20.3 Å². The summed E-state index contributed by atoms with van der Waals surface area (Å²) in [6.45, 7) is 5.56. The number of benzene rings is 3. The Kier molecular flexibility index (Phi) is 9.32. The van der Waals surface area contributed by atoms with Gasteiger partial charge in [0.25, 0.3) is 11.8 Å². The number of nitrogens with zero attached hydrogens (tertiary/aromatic N) is 8. The number of nitrogens with two attached hydrogens (primary N) is 1. The number of rotatable bonds is 8. The van der Waals surface area contributed by atoms with Gasteiger partial charge in [0.15, 0.2) is 17.2 Å². The highest BCUT2D eigenvalue weighted by atomic mass is 19.1. The number of halogens is 1. The molecule has 10 rings (SSSR count). The molecule has 3 aromatic carbocycles. The molecule has 16 heteroatoms. The van der Waals surface area contributed by atoms with Gasteiger partial charge in [-0.1, -0.05) is 18.2 Å². The first-order chi connectivity index (χ1) is 28.7. The van der Waals surface area contributed by atoms with Crippen molar-refractivity contribution in [2.24, 2.45) is 0 Å². The van der Waals surface area contributed by atoms with Crippen molar-refractivity contribution in [1.82, 2.24) is 39.8 Å². The third kappa shape index (κ3) is 6.65. The minimum absolute atomic E-state index is 0.0892. The van der Waals surface area contributed by atoms with E-state index in [-0.39, 0.29) is 24.6 Å². The van der Waals surface area contributed by atoms with Crippen molar-refractivity contribution in [1.29, 1.82) is 0 Å². The molecule has 59 heavy (non-hydrogen) atoms. The molecule has 1 atom stereocenters. The first kappa shape index (κ1) is 37.0. The summed E-state index contributed by atoms with van der Waals surface area (Å²) in [7, 11) is 0. The predicted octanol–water partition coefficient (Wildman–Crippen LogP) is 4.40. The summed E-state index contributed by atoms with van der Waals surface area (Å²) in [5, 5.41) is 7.86. The molecule has 0 spiro atoms. The maximum Gasteiger partial charge on any atom is 0.262 e. The number of aromatic nitrogens is 4. The van der Waals surface area contributed by atoms with Crippen LogP contribution >= 0.6 is 0 Å². The number of imide groups is 2. The lowest BCUT2D eigenvalue weighted by Gasteiger charge is -2.50. The molecular weight excluding hydrogens is 756 g/mol. The Morgan fingerprint density at radius 2 is 1.47 bits per heavy atom. The lowest BCUT2D eigenvalue weighted by atomic mass is 9.95. The summed E-state index contributed by atoms with van der Waals surface area (Å²) < 4.78 is 23.1. The zero-order chi connectivity index (χ0) is 40.4. The van der Waals surface area contributed by atoms with Crippen LogP contribution in [0.5, 0.6) is 11.5 Å². The predicted molar refractivity (Wildman–Crippen MR) is 215 cm³/mol. The van der Waals surface area contributed by atoms with E-state index < -0.39 is 35.5 Å². The number of carbonyl (C=O) groups excluding carboxylic acids is 4. The van der Waals surface area contributed by atoms with E-state index in [1.54, 1.807) is 36.4 Å². The summed E-state index contributed by atoms with van der Waals surface area (Å²) in [5.74, 6) is -1.51. The monoisotopic (exact) mass is 798 g/mol. The molecule has 4 amide bonds. The van der Waals surface area contributed by atoms with E-state index in [4.69, 9.17) is 15.6 Å². The number of amides is 4. The molecular formula is C43H43FN10O5. The summed E-state index contributed by atoms with van der Waals surface area (Å²) in [6.07, 6.45) is 5.64.